The minimum absolute atomic E-state index is 0.0346. The van der Waals surface area contributed by atoms with Crippen molar-refractivity contribution in [1.82, 2.24) is 0 Å². The van der Waals surface area contributed by atoms with E-state index in [4.69, 9.17) is 33.2 Å². The number of hydrogen-bond donors (Lipinski definition) is 3. The first-order valence-corrected chi connectivity index (χ1v) is 20.6. The van der Waals surface area contributed by atoms with E-state index in [9.17, 15) is 24.9 Å². The predicted molar refractivity (Wildman–Crippen MR) is 197 cm³/mol. The molecule has 1 aromatic rings. The maximum atomic E-state index is 15.0. The molecule has 0 aromatic heterocycles. The van der Waals surface area contributed by atoms with E-state index >= 15 is 4.79 Å². The first-order valence-electron chi connectivity index (χ1n) is 17.8. The molecule has 3 N–H and O–H groups in total. The zero-order valence-electron chi connectivity index (χ0n) is 31.7. The van der Waals surface area contributed by atoms with Gasteiger partial charge in [-0.25, -0.2) is 9.59 Å². The fourth-order valence-corrected chi connectivity index (χ4v) is 9.35. The van der Waals surface area contributed by atoms with Crippen LogP contribution in [0.4, 0.5) is 0 Å². The van der Waals surface area contributed by atoms with Crippen LogP contribution in [0, 0.1) is 22.7 Å². The molecular weight excluding hydrogens is 729 g/mol. The fourth-order valence-electron chi connectivity index (χ4n) is 8.82. The molecule has 13 nitrogen and oxygen atoms in total. The zero-order chi connectivity index (χ0) is 38.9. The molecule has 15 heteroatoms. The van der Waals surface area contributed by atoms with Crippen LogP contribution in [0.2, 0.25) is 0 Å². The third-order valence-corrected chi connectivity index (χ3v) is 12.5. The van der Waals surface area contributed by atoms with E-state index < -0.39 is 82.3 Å². The number of aliphatic hydroxyl groups is 3. The van der Waals surface area contributed by atoms with Crippen molar-refractivity contribution in [2.45, 2.75) is 102 Å². The quantitative estimate of drug-likeness (QED) is 0.102. The van der Waals surface area contributed by atoms with Crippen molar-refractivity contribution < 1.29 is 62.9 Å². The first kappa shape index (κ1) is 42.1. The van der Waals surface area contributed by atoms with Gasteiger partial charge in [0.1, 0.15) is 29.5 Å². The van der Waals surface area contributed by atoms with Crippen LogP contribution in [0.5, 0.6) is 0 Å². The van der Waals surface area contributed by atoms with Crippen molar-refractivity contribution in [2.75, 3.05) is 44.6 Å². The molecule has 5 rings (SSSR count). The van der Waals surface area contributed by atoms with Crippen molar-refractivity contribution in [2.24, 2.45) is 22.7 Å². The number of carbonyl (C=O) groups excluding carboxylic acids is 3. The molecule has 2 saturated carbocycles. The number of ether oxygens (including phenoxy) is 7. The van der Waals surface area contributed by atoms with Crippen LogP contribution in [0.1, 0.15) is 64.7 Å². The summed E-state index contributed by atoms with van der Waals surface area (Å²) < 4.78 is 41.0. The molecule has 2 bridgehead atoms. The largest absolute Gasteiger partial charge is 0.456 e. The average molecular weight is 783 g/mol. The Morgan fingerprint density at radius 1 is 1.00 bits per heavy atom. The van der Waals surface area contributed by atoms with E-state index in [-0.39, 0.29) is 56.0 Å². The fraction of sp³-hybridized carbons (Fsp3) is 0.711. The molecule has 10 atom stereocenters. The topological polar surface area (TPSA) is 177 Å². The van der Waals surface area contributed by atoms with Gasteiger partial charge in [-0.3, -0.25) is 4.79 Å². The molecule has 3 fully saturated rings. The summed E-state index contributed by atoms with van der Waals surface area (Å²) in [4.78, 5) is 42.9. The zero-order valence-corrected chi connectivity index (χ0v) is 33.3. The van der Waals surface area contributed by atoms with Crippen molar-refractivity contribution in [1.29, 1.82) is 0 Å². The normalized spacial score (nSPS) is 35.4. The summed E-state index contributed by atoms with van der Waals surface area (Å²) >= 11 is 2.87. The third-order valence-electron chi connectivity index (χ3n) is 11.8. The van der Waals surface area contributed by atoms with Crippen molar-refractivity contribution in [3.63, 3.8) is 0 Å². The van der Waals surface area contributed by atoms with Gasteiger partial charge >= 0.3 is 11.9 Å². The van der Waals surface area contributed by atoms with Gasteiger partial charge in [0.15, 0.2) is 25.5 Å². The number of rotatable bonds is 15. The number of Topliss-reactive ketones (excluding diaryl/α,β-unsaturated/α-hetero) is 1. The first-order chi connectivity index (χ1) is 25.0. The van der Waals surface area contributed by atoms with Crippen LogP contribution in [0.15, 0.2) is 41.5 Å². The van der Waals surface area contributed by atoms with Gasteiger partial charge in [-0.15, -0.1) is 23.5 Å². The average Bonchev–Trinajstić information content (AvgIpc) is 3.11. The van der Waals surface area contributed by atoms with Crippen LogP contribution >= 0.6 is 23.5 Å². The number of aliphatic hydroxyl groups excluding tert-OH is 1. The molecule has 0 spiro atoms. The maximum absolute atomic E-state index is 15.0. The van der Waals surface area contributed by atoms with Crippen LogP contribution in [-0.4, -0.2) is 125 Å². The molecule has 0 amide bonds. The van der Waals surface area contributed by atoms with Gasteiger partial charge in [-0.2, -0.15) is 0 Å². The Balaban J connectivity index is 1.62. The molecule has 1 saturated heterocycles. The van der Waals surface area contributed by atoms with Crippen LogP contribution < -0.4 is 0 Å². The summed E-state index contributed by atoms with van der Waals surface area (Å²) in [5.41, 5.74) is -6.34. The Bertz CT molecular complexity index is 1520. The van der Waals surface area contributed by atoms with Crippen molar-refractivity contribution in [3.8, 4) is 0 Å². The van der Waals surface area contributed by atoms with Gasteiger partial charge < -0.3 is 48.5 Å². The van der Waals surface area contributed by atoms with Gasteiger partial charge in [0, 0.05) is 24.2 Å². The summed E-state index contributed by atoms with van der Waals surface area (Å²) in [7, 11) is 0. The molecule has 3 aliphatic carbocycles. The molecule has 1 heterocycles. The Hall–Kier alpha value is -2.05. The number of thioether (sulfide) groups is 2. The van der Waals surface area contributed by atoms with Crippen LogP contribution in [0.3, 0.4) is 0 Å². The van der Waals surface area contributed by atoms with Gasteiger partial charge in [0.05, 0.1) is 41.7 Å². The highest BCUT2D eigenvalue weighted by Gasteiger charge is 2.76. The predicted octanol–water partition coefficient (Wildman–Crippen LogP) is 3.72. The summed E-state index contributed by atoms with van der Waals surface area (Å²) in [5.74, 6) is -3.26. The number of ketones is 1. The lowest BCUT2D eigenvalue weighted by molar-refractivity contribution is -0.345. The molecule has 1 aromatic carbocycles. The summed E-state index contributed by atoms with van der Waals surface area (Å²) in [6, 6.07) is 8.21. The van der Waals surface area contributed by atoms with Gasteiger partial charge in [0.25, 0.3) is 0 Å². The molecule has 0 radical (unpaired) electrons. The lowest BCUT2D eigenvalue weighted by atomic mass is 9.44. The second kappa shape index (κ2) is 16.6. The van der Waals surface area contributed by atoms with E-state index in [1.165, 1.54) is 23.5 Å². The lowest BCUT2D eigenvalue weighted by Gasteiger charge is -2.67. The number of esters is 2. The molecule has 53 heavy (non-hydrogen) atoms. The number of carbonyl (C=O) groups is 3. The Kier molecular flexibility index (Phi) is 13.2. The summed E-state index contributed by atoms with van der Waals surface area (Å²) in [5, 5.41) is 38.1. The second-order valence-corrected chi connectivity index (χ2v) is 17.1. The SMILES string of the molecule is CSCOCOCOC(C(=O)OC1CC2(O)C(OC(=O)c3ccccc3)C3C4(O)COC4CC(OCSC)[C@@]3(C)C(=O)C(O)C(=C1C)C2(C)C)C(C)C. The Morgan fingerprint density at radius 2 is 1.68 bits per heavy atom. The van der Waals surface area contributed by atoms with E-state index in [0.29, 0.717) is 11.5 Å². The molecule has 9 unspecified atom stereocenters. The minimum atomic E-state index is -2.13. The second-order valence-electron chi connectivity index (χ2n) is 15.5. The van der Waals surface area contributed by atoms with Crippen LogP contribution in [-0.2, 0) is 42.7 Å². The summed E-state index contributed by atoms with van der Waals surface area (Å²) in [6.45, 7) is 9.65. The van der Waals surface area contributed by atoms with Crippen molar-refractivity contribution in [3.05, 3.63) is 47.0 Å². The van der Waals surface area contributed by atoms with E-state index in [1.807, 2.05) is 12.5 Å². The maximum Gasteiger partial charge on any atom is 0.338 e. The molecular formula is C38H54O13S2. The standard InChI is InChI=1S/C38H54O13S2/c1-21(2)29(48-18-45-17-46-19-52-7)34(42)50-24-15-38(44)32(51-33(41)23-12-10-9-11-13-23)30-36(6,31(40)28(39)27(22(24)3)35(38,4)5)25(49-20-53-8)14-26-37(30,43)16-47-26/h9-13,21,24-26,28-30,32,39,43-44H,14-20H2,1-8H3/t24?,25?,26?,28?,29?,30?,32?,36-,37?,38?/m1/s1. The summed E-state index contributed by atoms with van der Waals surface area (Å²) in [6.07, 6.45) is -3.80. The number of benzene rings is 1. The highest BCUT2D eigenvalue weighted by Crippen LogP contribution is 2.63. The van der Waals surface area contributed by atoms with Gasteiger partial charge in [-0.1, -0.05) is 45.9 Å². The monoisotopic (exact) mass is 782 g/mol. The third kappa shape index (κ3) is 7.48. The lowest BCUT2D eigenvalue weighted by Crippen LogP contribution is -2.81. The van der Waals surface area contributed by atoms with Crippen molar-refractivity contribution >= 4 is 41.2 Å². The number of hydrogen-bond acceptors (Lipinski definition) is 15. The molecule has 296 valence electrons. The van der Waals surface area contributed by atoms with E-state index in [2.05, 4.69) is 0 Å². The minimum Gasteiger partial charge on any atom is -0.456 e. The van der Waals surface area contributed by atoms with E-state index in [0.717, 1.165) is 0 Å². The highest BCUT2D eigenvalue weighted by atomic mass is 32.2. The Morgan fingerprint density at radius 3 is 2.28 bits per heavy atom. The highest BCUT2D eigenvalue weighted by molar-refractivity contribution is 7.98. The van der Waals surface area contributed by atoms with Gasteiger partial charge in [0.2, 0.25) is 0 Å². The number of fused-ring (bicyclic) bond motifs is 5. The van der Waals surface area contributed by atoms with Crippen LogP contribution in [0.25, 0.3) is 0 Å². The van der Waals surface area contributed by atoms with E-state index in [1.54, 1.807) is 71.9 Å². The smallest absolute Gasteiger partial charge is 0.338 e. The molecule has 1 aliphatic heterocycles. The molecule has 4 aliphatic rings. The Labute approximate surface area is 319 Å². The van der Waals surface area contributed by atoms with Gasteiger partial charge in [-0.05, 0) is 55.6 Å².